The Balaban J connectivity index is 2.04. The van der Waals surface area contributed by atoms with E-state index in [-0.39, 0.29) is 11.7 Å². The lowest BCUT2D eigenvalue weighted by Crippen LogP contribution is -2.52. The van der Waals surface area contributed by atoms with E-state index in [4.69, 9.17) is 16.3 Å². The number of ether oxygens (including phenoxy) is 1. The third-order valence-corrected chi connectivity index (χ3v) is 3.41. The maximum absolute atomic E-state index is 5.94. The summed E-state index contributed by atoms with van der Waals surface area (Å²) in [5.41, 5.74) is 2.32. The number of aryl methyl sites for hydroxylation is 1. The molecule has 1 saturated heterocycles. The molecule has 1 aliphatic rings. The van der Waals surface area contributed by atoms with Crippen molar-refractivity contribution in [2.75, 3.05) is 19.0 Å². The number of halogens is 1. The summed E-state index contributed by atoms with van der Waals surface area (Å²) in [5, 5.41) is 0. The number of hydrogen-bond acceptors (Lipinski definition) is 3. The predicted molar refractivity (Wildman–Crippen MR) is 73.9 cm³/mol. The van der Waals surface area contributed by atoms with Gasteiger partial charge in [0.2, 0.25) is 0 Å². The Bertz CT molecular complexity index is 409. The average molecular weight is 269 g/mol. The maximum Gasteiger partial charge on any atom is 0.0845 e. The van der Waals surface area contributed by atoms with Crippen molar-refractivity contribution >= 4 is 11.6 Å². The first-order valence-corrected chi connectivity index (χ1v) is 6.88. The lowest BCUT2D eigenvalue weighted by Gasteiger charge is -2.42. The first-order chi connectivity index (χ1) is 8.48. The molecule has 1 fully saturated rings. The van der Waals surface area contributed by atoms with Crippen molar-refractivity contribution in [3.63, 3.8) is 0 Å². The normalized spacial score (nSPS) is 24.1. The van der Waals surface area contributed by atoms with Crippen LogP contribution < -0.4 is 0 Å². The van der Waals surface area contributed by atoms with Gasteiger partial charge >= 0.3 is 0 Å². The standard InChI is InChI=1S/C14H21ClN2O/c1-11-4-12(7-16-6-11)8-17-9-13(5-15)18-14(2,3)10-17/h4,6-7,13H,5,8-10H2,1-3H3. The van der Waals surface area contributed by atoms with E-state index >= 15 is 0 Å². The van der Waals surface area contributed by atoms with E-state index in [1.165, 1.54) is 11.1 Å². The van der Waals surface area contributed by atoms with Crippen molar-refractivity contribution in [1.29, 1.82) is 0 Å². The summed E-state index contributed by atoms with van der Waals surface area (Å²) >= 11 is 5.94. The van der Waals surface area contributed by atoms with Crippen LogP contribution in [0.2, 0.25) is 0 Å². The Morgan fingerprint density at radius 1 is 1.50 bits per heavy atom. The molecule has 1 aliphatic heterocycles. The van der Waals surface area contributed by atoms with E-state index in [9.17, 15) is 0 Å². The minimum Gasteiger partial charge on any atom is -0.368 e. The highest BCUT2D eigenvalue weighted by Gasteiger charge is 2.32. The molecular weight excluding hydrogens is 248 g/mol. The molecule has 1 atom stereocenters. The predicted octanol–water partition coefficient (Wildman–Crippen LogP) is 2.61. The highest BCUT2D eigenvalue weighted by Crippen LogP contribution is 2.23. The molecule has 100 valence electrons. The highest BCUT2D eigenvalue weighted by atomic mass is 35.5. The SMILES string of the molecule is Cc1cncc(CN2CC(CCl)OC(C)(C)C2)c1. The van der Waals surface area contributed by atoms with Crippen LogP contribution in [-0.2, 0) is 11.3 Å². The molecule has 2 heterocycles. The molecule has 1 aromatic heterocycles. The number of alkyl halides is 1. The molecule has 0 aromatic carbocycles. The molecular formula is C14H21ClN2O. The van der Waals surface area contributed by atoms with Gasteiger partial charge in [-0.25, -0.2) is 0 Å². The van der Waals surface area contributed by atoms with Gasteiger partial charge in [0.25, 0.3) is 0 Å². The van der Waals surface area contributed by atoms with Crippen molar-refractivity contribution in [1.82, 2.24) is 9.88 Å². The summed E-state index contributed by atoms with van der Waals surface area (Å²) in [5.74, 6) is 0.548. The Labute approximate surface area is 114 Å². The van der Waals surface area contributed by atoms with E-state index in [1.807, 2.05) is 12.4 Å². The Morgan fingerprint density at radius 2 is 2.28 bits per heavy atom. The molecule has 2 rings (SSSR count). The second-order valence-corrected chi connectivity index (χ2v) is 6.00. The lowest BCUT2D eigenvalue weighted by atomic mass is 10.0. The van der Waals surface area contributed by atoms with Gasteiger partial charge in [0.15, 0.2) is 0 Å². The third kappa shape index (κ3) is 3.67. The zero-order valence-corrected chi connectivity index (χ0v) is 12.1. The molecule has 1 unspecified atom stereocenters. The minimum atomic E-state index is -0.130. The molecule has 0 radical (unpaired) electrons. The van der Waals surface area contributed by atoms with E-state index in [1.54, 1.807) is 0 Å². The molecule has 18 heavy (non-hydrogen) atoms. The zero-order valence-electron chi connectivity index (χ0n) is 11.3. The van der Waals surface area contributed by atoms with Gasteiger partial charge in [0.1, 0.15) is 0 Å². The number of morpholine rings is 1. The van der Waals surface area contributed by atoms with Crippen molar-refractivity contribution in [3.05, 3.63) is 29.6 Å². The molecule has 0 saturated carbocycles. The number of nitrogens with zero attached hydrogens (tertiary/aromatic N) is 2. The fourth-order valence-electron chi connectivity index (χ4n) is 2.58. The summed E-state index contributed by atoms with van der Waals surface area (Å²) in [7, 11) is 0. The third-order valence-electron chi connectivity index (χ3n) is 3.06. The summed E-state index contributed by atoms with van der Waals surface area (Å²) in [6.07, 6.45) is 3.94. The van der Waals surface area contributed by atoms with Crippen LogP contribution in [0.25, 0.3) is 0 Å². The van der Waals surface area contributed by atoms with Gasteiger partial charge in [0.05, 0.1) is 11.7 Å². The van der Waals surface area contributed by atoms with Gasteiger partial charge < -0.3 is 4.74 Å². The van der Waals surface area contributed by atoms with Crippen molar-refractivity contribution in [3.8, 4) is 0 Å². The molecule has 0 bridgehead atoms. The van der Waals surface area contributed by atoms with Crippen molar-refractivity contribution < 1.29 is 4.74 Å². The number of hydrogen-bond donors (Lipinski definition) is 0. The van der Waals surface area contributed by atoms with E-state index in [0.717, 1.165) is 19.6 Å². The monoisotopic (exact) mass is 268 g/mol. The number of aromatic nitrogens is 1. The second kappa shape index (κ2) is 5.55. The minimum absolute atomic E-state index is 0.119. The molecule has 1 aromatic rings. The van der Waals surface area contributed by atoms with E-state index in [0.29, 0.717) is 5.88 Å². The Hall–Kier alpha value is -0.640. The van der Waals surface area contributed by atoms with Crippen LogP contribution >= 0.6 is 11.6 Å². The van der Waals surface area contributed by atoms with Gasteiger partial charge in [-0.1, -0.05) is 6.07 Å². The van der Waals surface area contributed by atoms with Crippen LogP contribution in [0.3, 0.4) is 0 Å². The van der Waals surface area contributed by atoms with Gasteiger partial charge in [-0.3, -0.25) is 9.88 Å². The Kier molecular flexibility index (Phi) is 4.25. The van der Waals surface area contributed by atoms with Crippen LogP contribution in [0.15, 0.2) is 18.5 Å². The average Bonchev–Trinajstić information content (AvgIpc) is 2.26. The summed E-state index contributed by atoms with van der Waals surface area (Å²) in [6.45, 7) is 9.03. The maximum atomic E-state index is 5.94. The summed E-state index contributed by atoms with van der Waals surface area (Å²) < 4.78 is 5.93. The smallest absolute Gasteiger partial charge is 0.0845 e. The van der Waals surface area contributed by atoms with E-state index in [2.05, 4.69) is 36.7 Å². The molecule has 0 aliphatic carbocycles. The van der Waals surface area contributed by atoms with Gasteiger partial charge in [-0.2, -0.15) is 0 Å². The topological polar surface area (TPSA) is 25.4 Å². The molecule has 0 spiro atoms. The van der Waals surface area contributed by atoms with Gasteiger partial charge in [-0.15, -0.1) is 11.6 Å². The van der Waals surface area contributed by atoms with Crippen LogP contribution in [0.4, 0.5) is 0 Å². The van der Waals surface area contributed by atoms with Crippen LogP contribution in [0.5, 0.6) is 0 Å². The first kappa shape index (κ1) is 13.8. The summed E-state index contributed by atoms with van der Waals surface area (Å²) in [4.78, 5) is 6.64. The van der Waals surface area contributed by atoms with Gasteiger partial charge in [0, 0.05) is 37.9 Å². The number of pyridine rings is 1. The van der Waals surface area contributed by atoms with Gasteiger partial charge in [-0.05, 0) is 31.9 Å². The lowest BCUT2D eigenvalue weighted by molar-refractivity contribution is -0.129. The Morgan fingerprint density at radius 3 is 2.94 bits per heavy atom. The molecule has 0 N–H and O–H groups in total. The highest BCUT2D eigenvalue weighted by molar-refractivity contribution is 6.18. The van der Waals surface area contributed by atoms with Crippen molar-refractivity contribution in [2.24, 2.45) is 0 Å². The molecule has 3 nitrogen and oxygen atoms in total. The first-order valence-electron chi connectivity index (χ1n) is 6.35. The van der Waals surface area contributed by atoms with Crippen molar-refractivity contribution in [2.45, 2.75) is 39.0 Å². The summed E-state index contributed by atoms with van der Waals surface area (Å²) in [6, 6.07) is 2.19. The molecule has 0 amide bonds. The fourth-order valence-corrected chi connectivity index (χ4v) is 2.74. The largest absolute Gasteiger partial charge is 0.368 e. The molecule has 4 heteroatoms. The van der Waals surface area contributed by atoms with E-state index < -0.39 is 0 Å². The van der Waals surface area contributed by atoms with Crippen LogP contribution in [-0.4, -0.2) is 40.6 Å². The number of rotatable bonds is 3. The quantitative estimate of drug-likeness (QED) is 0.788. The fraction of sp³-hybridized carbons (Fsp3) is 0.643. The zero-order chi connectivity index (χ0) is 13.2. The second-order valence-electron chi connectivity index (χ2n) is 5.69. The van der Waals surface area contributed by atoms with Crippen LogP contribution in [0.1, 0.15) is 25.0 Å². The van der Waals surface area contributed by atoms with Crippen LogP contribution in [0, 0.1) is 6.92 Å².